The van der Waals surface area contributed by atoms with Gasteiger partial charge in [0.2, 0.25) is 0 Å². The maximum absolute atomic E-state index is 13.9. The smallest absolute Gasteiger partial charge is 0.254 e. The number of aliphatic hydroxyl groups excluding tert-OH is 3. The first kappa shape index (κ1) is 103. The van der Waals surface area contributed by atoms with Crippen molar-refractivity contribution in [3.8, 4) is 34.2 Å². The van der Waals surface area contributed by atoms with Crippen LogP contribution in [0.1, 0.15) is 114 Å². The quantitative estimate of drug-likeness (QED) is 0.0310. The van der Waals surface area contributed by atoms with Crippen LogP contribution in [0.4, 0.5) is 0 Å². The Bertz CT molecular complexity index is 3820. The van der Waals surface area contributed by atoms with Gasteiger partial charge in [0, 0.05) is 171 Å². The molecule has 9 atom stereocenters. The normalized spacial score (nSPS) is 21.3. The summed E-state index contributed by atoms with van der Waals surface area (Å²) in [5.74, 6) is -0.177. The number of amides is 3. The van der Waals surface area contributed by atoms with E-state index in [1.54, 1.807) is 55.1 Å². The second-order valence-corrected chi connectivity index (χ2v) is 33.4. The van der Waals surface area contributed by atoms with E-state index in [1.807, 2.05) is 90.3 Å². The molecule has 15 heterocycles. The zero-order valence-corrected chi connectivity index (χ0v) is 77.9. The van der Waals surface area contributed by atoms with Crippen LogP contribution in [-0.4, -0.2) is 380 Å². The van der Waals surface area contributed by atoms with E-state index in [1.165, 1.54) is 17.5 Å². The fraction of sp³-hybridized carbons (Fsp3) is 0.645. The molecule has 0 bridgehead atoms. The Morgan fingerprint density at radius 3 is 1.03 bits per heavy atom. The Morgan fingerprint density at radius 2 is 0.714 bits per heavy atom. The van der Waals surface area contributed by atoms with Crippen molar-refractivity contribution in [3.63, 3.8) is 0 Å². The zero-order chi connectivity index (χ0) is 88.6. The Hall–Kier alpha value is -6.85. The number of aryl methyl sites for hydroxylation is 3. The van der Waals surface area contributed by atoms with Crippen LogP contribution in [0.15, 0.2) is 110 Å². The van der Waals surface area contributed by atoms with E-state index in [9.17, 15) is 24.6 Å². The molecular formula is C93H137N11O21Os. The van der Waals surface area contributed by atoms with Crippen LogP contribution in [-0.2, 0) is 90.8 Å². The average Bonchev–Trinajstić information content (AvgIpc) is 1.58. The van der Waals surface area contributed by atoms with Crippen LogP contribution in [0.2, 0.25) is 0 Å². The average molecular weight is 1940 g/mol. The van der Waals surface area contributed by atoms with Gasteiger partial charge in [0.1, 0.15) is 42.7 Å². The standard InChI is InChI=1S/C55H82N6O17.C17H21N3O.C12H12N2.C5H10O2.C3H8.CH4O.Os/c62-42(2-1-5-54(33-67-21-44-27-73-44,34-68-22-45-28-74-45)35-69-23-46-29-75-46)18-58-8-12-60(13-9-58)52(64)40-3-6-56-50(16-40)51-17-41(4-7-57-51)53(65)61-14-10-59(11-15-61)19-43(63)20-66-36-55(37-70-24-47-30-76-47,38-71-25-48-31-77-48)39-72-26-49-32-78-49;1-4-10-20(5-2)17(21)14-7-9-19-16(12-14)15-11-13(3)6-8-18-15;1-9-3-5-13-11(7-9)12-8-10(2)4-6-14-12;1-2-6-3-5-4-7-5;1-3-2;1-2;/h3-4,6-7,16-17,42-49,62-63H,1-2,5,8-15,18-39H2;6-9,11-12H,4-5,10H2,1-3H3;3-8H,1-2H3;5H,2-4H2,1H3;3H2,1-2H3;2H,1H3;. The topological polar surface area (TPSA) is 367 Å². The first-order valence-electron chi connectivity index (χ1n) is 44.6. The number of hydrogen-bond donors (Lipinski definition) is 3. The summed E-state index contributed by atoms with van der Waals surface area (Å²) in [5.41, 5.74) is 8.60. The van der Waals surface area contributed by atoms with E-state index >= 15 is 0 Å². The minimum Gasteiger partial charge on any atom is -0.400 e. The number of rotatable bonds is 48. The summed E-state index contributed by atoms with van der Waals surface area (Å²) in [6, 6.07) is 22.4. The van der Waals surface area contributed by atoms with Crippen LogP contribution in [0.5, 0.6) is 0 Å². The number of carbonyl (C=O) groups excluding carboxylic acids is 3. The molecule has 698 valence electrons. The van der Waals surface area contributed by atoms with Gasteiger partial charge in [-0.1, -0.05) is 33.6 Å². The fourth-order valence-corrected chi connectivity index (χ4v) is 13.9. The summed E-state index contributed by atoms with van der Waals surface area (Å²) in [5, 5.41) is 29.3. The Kier molecular flexibility index (Phi) is 45.2. The number of aliphatic hydroxyl groups is 3. The van der Waals surface area contributed by atoms with Crippen molar-refractivity contribution >= 4 is 17.7 Å². The third kappa shape index (κ3) is 38.3. The maximum atomic E-state index is 13.9. The molecule has 126 heavy (non-hydrogen) atoms. The molecule has 9 fully saturated rings. The third-order valence-corrected chi connectivity index (χ3v) is 21.5. The van der Waals surface area contributed by atoms with Gasteiger partial charge in [0.05, 0.1) is 197 Å². The van der Waals surface area contributed by atoms with Crippen molar-refractivity contribution in [2.75, 3.05) is 238 Å². The van der Waals surface area contributed by atoms with Crippen LogP contribution in [0.3, 0.4) is 0 Å². The number of ether oxygens (including phenoxy) is 15. The van der Waals surface area contributed by atoms with Gasteiger partial charge in [-0.25, -0.2) is 0 Å². The van der Waals surface area contributed by atoms with Crippen LogP contribution < -0.4 is 0 Å². The number of nitrogens with zero attached hydrogens (tertiary/aromatic N) is 11. The van der Waals surface area contributed by atoms with Crippen molar-refractivity contribution in [1.29, 1.82) is 0 Å². The van der Waals surface area contributed by atoms with Crippen LogP contribution in [0, 0.1) is 31.6 Å². The molecule has 0 saturated carbocycles. The van der Waals surface area contributed by atoms with Crippen LogP contribution in [0.25, 0.3) is 34.2 Å². The summed E-state index contributed by atoms with van der Waals surface area (Å²) in [6.07, 6.45) is 14.6. The van der Waals surface area contributed by atoms with E-state index in [-0.39, 0.29) is 92.8 Å². The van der Waals surface area contributed by atoms with Gasteiger partial charge in [0.15, 0.2) is 0 Å². The SMILES string of the molecule is CCC.CCCN(CC)C(=O)c1ccnc(-c2cc(C)ccn2)c1.CCOCC1CO1.CO.Cc1ccnc(-c2cc(C)ccn2)c1.O=C(c1ccnc(-c2cc(C(=O)N3CCN(CC(O)COCC(COCC4CO4)(COCC4CO4)COCC4CO4)CC3)ccn2)c1)N1CCN(CC(O)CCCC(COCC2CO2)(COCC2CO2)COCC2CO2)CC1.[Os]. The van der Waals surface area contributed by atoms with Gasteiger partial charge in [-0.2, -0.15) is 0 Å². The van der Waals surface area contributed by atoms with Gasteiger partial charge < -0.3 is 101 Å². The van der Waals surface area contributed by atoms with Gasteiger partial charge in [-0.3, -0.25) is 54.1 Å². The number of β-amino-alcohol motifs (C(OH)–C–C–N with tert-alkyl or cyclic N) is 2. The van der Waals surface area contributed by atoms with Crippen molar-refractivity contribution in [2.24, 2.45) is 10.8 Å². The molecule has 9 aliphatic rings. The molecule has 0 spiro atoms. The van der Waals surface area contributed by atoms with Crippen molar-refractivity contribution < 1.29 is 121 Å². The molecular weight excluding hydrogens is 1800 g/mol. The monoisotopic (exact) mass is 1940 g/mol. The Morgan fingerprint density at radius 1 is 0.421 bits per heavy atom. The predicted octanol–water partition coefficient (Wildman–Crippen LogP) is 7.56. The maximum Gasteiger partial charge on any atom is 0.254 e. The second kappa shape index (κ2) is 55.4. The second-order valence-electron chi connectivity index (χ2n) is 33.4. The van der Waals surface area contributed by atoms with Crippen molar-refractivity contribution in [2.45, 2.75) is 142 Å². The molecule has 3 amide bonds. The van der Waals surface area contributed by atoms with Gasteiger partial charge in [-0.05, 0) is 143 Å². The van der Waals surface area contributed by atoms with Gasteiger partial charge in [-0.15, -0.1) is 0 Å². The van der Waals surface area contributed by atoms with Gasteiger partial charge >= 0.3 is 0 Å². The Balaban J connectivity index is 0.000000300. The van der Waals surface area contributed by atoms with E-state index in [2.05, 4.69) is 74.3 Å². The molecule has 9 saturated heterocycles. The van der Waals surface area contributed by atoms with E-state index in [4.69, 9.17) is 76.2 Å². The number of epoxide rings is 7. The molecule has 6 aromatic heterocycles. The number of aromatic nitrogens is 6. The summed E-state index contributed by atoms with van der Waals surface area (Å²) in [4.78, 5) is 76.4. The molecule has 9 unspecified atom stereocenters. The summed E-state index contributed by atoms with van der Waals surface area (Å²) >= 11 is 0. The van der Waals surface area contributed by atoms with Crippen molar-refractivity contribution in [3.05, 3.63) is 143 Å². The molecule has 9 aliphatic heterocycles. The largest absolute Gasteiger partial charge is 0.400 e. The number of pyridine rings is 6. The van der Waals surface area contributed by atoms with E-state index in [0.717, 1.165) is 101 Å². The molecule has 0 radical (unpaired) electrons. The van der Waals surface area contributed by atoms with E-state index < -0.39 is 17.6 Å². The minimum atomic E-state index is -0.750. The summed E-state index contributed by atoms with van der Waals surface area (Å²) < 4.78 is 84.8. The molecule has 33 heteroatoms. The van der Waals surface area contributed by atoms with Crippen molar-refractivity contribution in [1.82, 2.24) is 54.4 Å². The molecule has 0 aromatic carbocycles. The molecule has 15 rings (SSSR count). The summed E-state index contributed by atoms with van der Waals surface area (Å²) in [7, 11) is 1.00. The molecule has 0 aliphatic carbocycles. The summed E-state index contributed by atoms with van der Waals surface area (Å²) in [6.45, 7) is 36.0. The minimum absolute atomic E-state index is 0. The van der Waals surface area contributed by atoms with E-state index in [0.29, 0.717) is 212 Å². The molecule has 6 aromatic rings. The Labute approximate surface area is 757 Å². The van der Waals surface area contributed by atoms with Crippen LogP contribution >= 0.6 is 0 Å². The molecule has 3 N–H and O–H groups in total. The number of carbonyl (C=O) groups is 3. The first-order valence-corrected chi connectivity index (χ1v) is 44.6. The predicted molar refractivity (Wildman–Crippen MR) is 468 cm³/mol. The zero-order valence-electron chi connectivity index (χ0n) is 75.3. The number of hydrogen-bond acceptors (Lipinski definition) is 29. The third-order valence-electron chi connectivity index (χ3n) is 21.5. The first-order chi connectivity index (χ1) is 60.9. The fourth-order valence-electron chi connectivity index (χ4n) is 13.9. The van der Waals surface area contributed by atoms with Gasteiger partial charge in [0.25, 0.3) is 17.7 Å². The number of piperazine rings is 2. The molecule has 32 nitrogen and oxygen atoms in total.